The summed E-state index contributed by atoms with van der Waals surface area (Å²) < 4.78 is 44.2. The number of fused-ring (bicyclic) bond motifs is 1. The van der Waals surface area contributed by atoms with Gasteiger partial charge in [0.25, 0.3) is 0 Å². The van der Waals surface area contributed by atoms with Gasteiger partial charge < -0.3 is 29.6 Å². The minimum atomic E-state index is -4.32. The zero-order chi connectivity index (χ0) is 33.4. The van der Waals surface area contributed by atoms with Crippen LogP contribution in [-0.4, -0.2) is 68.0 Å². The average molecular weight is 669 g/mol. The van der Waals surface area contributed by atoms with E-state index in [1.54, 1.807) is 31.2 Å². The highest BCUT2D eigenvalue weighted by molar-refractivity contribution is 7.52. The summed E-state index contributed by atoms with van der Waals surface area (Å²) in [5.41, 5.74) is 7.99. The summed E-state index contributed by atoms with van der Waals surface area (Å²) >= 11 is 0. The molecule has 3 heterocycles. The number of nitrogens with one attached hydrogen (secondary N) is 1. The Hall–Kier alpha value is -4.40. The number of imidazole rings is 1. The Morgan fingerprint density at radius 3 is 2.68 bits per heavy atom. The SMILES string of the molecule is CCOC(=O)CCc1ccccc1OP(=O)(N[C@@H](C)C(=O)OCc1ccccc1)OC[C@@H]1C[C@@H](O)[C@H](n2cnc3c(N)ncnc32)O1. The zero-order valence-corrected chi connectivity index (χ0v) is 26.8. The first kappa shape index (κ1) is 33.9. The lowest BCUT2D eigenvalue weighted by atomic mass is 10.1. The average Bonchev–Trinajstić information content (AvgIpc) is 3.66. The molecule has 4 N–H and O–H groups in total. The molecule has 1 unspecified atom stereocenters. The third-order valence-corrected chi connectivity index (χ3v) is 8.91. The molecule has 0 radical (unpaired) electrons. The van der Waals surface area contributed by atoms with Crippen LogP contribution < -0.4 is 15.3 Å². The molecule has 2 aromatic carbocycles. The Labute approximate surface area is 271 Å². The molecule has 47 heavy (non-hydrogen) atoms. The molecule has 16 heteroatoms. The van der Waals surface area contributed by atoms with E-state index in [0.717, 1.165) is 5.56 Å². The number of nitrogens with zero attached hydrogens (tertiary/aromatic N) is 4. The number of hydrogen-bond donors (Lipinski definition) is 3. The van der Waals surface area contributed by atoms with E-state index in [2.05, 4.69) is 20.0 Å². The monoisotopic (exact) mass is 668 g/mol. The number of nitrogens with two attached hydrogens (primary N) is 1. The van der Waals surface area contributed by atoms with Crippen LogP contribution in [0.5, 0.6) is 5.75 Å². The standard InChI is InChI=1S/C31H37N6O9P/c1-3-42-26(39)14-13-22-11-7-8-12-25(22)46-47(41,36-20(2)31(40)43-16-21-9-5-4-6-10-21)44-17-23-15-24(38)30(45-23)37-19-35-27-28(32)33-18-34-29(27)37/h4-12,18-20,23-24,30,38H,3,13-17H2,1-2H3,(H,36,41)(H2,32,33,34)/t20-,23-,24+,30+,47?/m0/s1. The van der Waals surface area contributed by atoms with E-state index in [9.17, 15) is 19.3 Å². The Kier molecular flexibility index (Phi) is 11.2. The topological polar surface area (TPSA) is 199 Å². The van der Waals surface area contributed by atoms with Crippen LogP contribution in [0.15, 0.2) is 67.3 Å². The zero-order valence-electron chi connectivity index (χ0n) is 25.9. The predicted octanol–water partition coefficient (Wildman–Crippen LogP) is 3.48. The van der Waals surface area contributed by atoms with E-state index in [-0.39, 0.29) is 56.6 Å². The summed E-state index contributed by atoms with van der Waals surface area (Å²) in [6.07, 6.45) is 0.569. The van der Waals surface area contributed by atoms with Crippen LogP contribution >= 0.6 is 7.75 Å². The number of benzene rings is 2. The number of aliphatic hydroxyl groups excluding tert-OH is 1. The number of carbonyl (C=O) groups is 2. The number of carbonyl (C=O) groups excluding carboxylic acids is 2. The molecule has 0 amide bonds. The number of anilines is 1. The molecule has 250 valence electrons. The molecule has 0 spiro atoms. The van der Waals surface area contributed by atoms with Crippen LogP contribution in [0.4, 0.5) is 5.82 Å². The third kappa shape index (κ3) is 8.70. The van der Waals surface area contributed by atoms with Crippen LogP contribution in [0.2, 0.25) is 0 Å². The summed E-state index contributed by atoms with van der Waals surface area (Å²) in [5, 5.41) is 13.5. The molecule has 5 rings (SSSR count). The van der Waals surface area contributed by atoms with E-state index in [4.69, 9.17) is 29.0 Å². The number of aromatic nitrogens is 4. The van der Waals surface area contributed by atoms with Gasteiger partial charge >= 0.3 is 19.7 Å². The van der Waals surface area contributed by atoms with Crippen molar-refractivity contribution in [2.45, 2.75) is 64.2 Å². The molecule has 2 aromatic heterocycles. The van der Waals surface area contributed by atoms with Crippen molar-refractivity contribution in [3.63, 3.8) is 0 Å². The first-order valence-corrected chi connectivity index (χ1v) is 16.6. The fourth-order valence-electron chi connectivity index (χ4n) is 4.96. The smallest absolute Gasteiger partial charge is 0.459 e. The molecule has 0 saturated carbocycles. The molecule has 15 nitrogen and oxygen atoms in total. The van der Waals surface area contributed by atoms with Crippen LogP contribution in [-0.2, 0) is 45.9 Å². The molecule has 1 saturated heterocycles. The van der Waals surface area contributed by atoms with Crippen molar-refractivity contribution in [2.75, 3.05) is 18.9 Å². The molecular formula is C31H37N6O9P. The number of rotatable bonds is 15. The van der Waals surface area contributed by atoms with Crippen molar-refractivity contribution in [2.24, 2.45) is 0 Å². The Morgan fingerprint density at radius 2 is 1.89 bits per heavy atom. The largest absolute Gasteiger partial charge is 0.466 e. The lowest BCUT2D eigenvalue weighted by molar-refractivity contribution is -0.146. The highest BCUT2D eigenvalue weighted by atomic mass is 31.2. The van der Waals surface area contributed by atoms with Gasteiger partial charge in [-0.05, 0) is 37.5 Å². The van der Waals surface area contributed by atoms with Crippen LogP contribution in [0.25, 0.3) is 11.2 Å². The fourth-order valence-corrected chi connectivity index (χ4v) is 6.52. The molecule has 0 bridgehead atoms. The first-order valence-electron chi connectivity index (χ1n) is 15.1. The van der Waals surface area contributed by atoms with Gasteiger partial charge in [0.2, 0.25) is 0 Å². The summed E-state index contributed by atoms with van der Waals surface area (Å²) in [6.45, 7) is 3.18. The highest BCUT2D eigenvalue weighted by Crippen LogP contribution is 2.47. The molecule has 1 aliphatic heterocycles. The van der Waals surface area contributed by atoms with Gasteiger partial charge in [-0.1, -0.05) is 48.5 Å². The second-order valence-corrected chi connectivity index (χ2v) is 12.5. The van der Waals surface area contributed by atoms with Gasteiger partial charge in [-0.25, -0.2) is 19.5 Å². The van der Waals surface area contributed by atoms with Crippen molar-refractivity contribution in [1.82, 2.24) is 24.6 Å². The Morgan fingerprint density at radius 1 is 1.13 bits per heavy atom. The maximum absolute atomic E-state index is 14.3. The lowest BCUT2D eigenvalue weighted by Crippen LogP contribution is -2.35. The van der Waals surface area contributed by atoms with Gasteiger partial charge in [-0.2, -0.15) is 5.09 Å². The quantitative estimate of drug-likeness (QED) is 0.123. The second kappa shape index (κ2) is 15.5. The van der Waals surface area contributed by atoms with Crippen molar-refractivity contribution in [3.8, 4) is 5.75 Å². The molecular weight excluding hydrogens is 631 g/mol. The number of aryl methyl sites for hydroxylation is 1. The molecule has 4 aromatic rings. The van der Waals surface area contributed by atoms with E-state index in [1.807, 2.05) is 30.3 Å². The van der Waals surface area contributed by atoms with E-state index < -0.39 is 38.2 Å². The van der Waals surface area contributed by atoms with E-state index in [1.165, 1.54) is 24.1 Å². The summed E-state index contributed by atoms with van der Waals surface area (Å²) in [5.74, 6) is -0.701. The normalized spacial score (nSPS) is 19.6. The van der Waals surface area contributed by atoms with Crippen molar-refractivity contribution < 1.29 is 42.5 Å². The number of nitrogen functional groups attached to an aromatic ring is 1. The van der Waals surface area contributed by atoms with Gasteiger partial charge in [0.15, 0.2) is 17.7 Å². The number of esters is 2. The van der Waals surface area contributed by atoms with Gasteiger partial charge in [0.1, 0.15) is 36.3 Å². The molecule has 1 aliphatic rings. The lowest BCUT2D eigenvalue weighted by Gasteiger charge is -2.25. The Balaban J connectivity index is 1.30. The summed E-state index contributed by atoms with van der Waals surface area (Å²) in [6, 6.07) is 14.8. The van der Waals surface area contributed by atoms with Crippen molar-refractivity contribution >= 4 is 36.7 Å². The predicted molar refractivity (Wildman–Crippen MR) is 169 cm³/mol. The molecule has 1 fully saturated rings. The van der Waals surface area contributed by atoms with Gasteiger partial charge in [-0.15, -0.1) is 0 Å². The first-order chi connectivity index (χ1) is 22.7. The van der Waals surface area contributed by atoms with Crippen molar-refractivity contribution in [3.05, 3.63) is 78.4 Å². The minimum Gasteiger partial charge on any atom is -0.466 e. The number of ether oxygens (including phenoxy) is 3. The van der Waals surface area contributed by atoms with Crippen LogP contribution in [0.1, 0.15) is 44.0 Å². The number of para-hydroxylation sites is 1. The maximum atomic E-state index is 14.3. The maximum Gasteiger partial charge on any atom is 0.459 e. The van der Waals surface area contributed by atoms with Crippen LogP contribution in [0.3, 0.4) is 0 Å². The number of hydrogen-bond acceptors (Lipinski definition) is 13. The van der Waals surface area contributed by atoms with Crippen LogP contribution in [0, 0.1) is 0 Å². The third-order valence-electron chi connectivity index (χ3n) is 7.28. The fraction of sp³-hybridized carbons (Fsp3) is 0.387. The van der Waals surface area contributed by atoms with E-state index in [0.29, 0.717) is 16.7 Å². The van der Waals surface area contributed by atoms with Gasteiger partial charge in [-0.3, -0.25) is 18.7 Å². The summed E-state index contributed by atoms with van der Waals surface area (Å²) in [7, 11) is -4.32. The Bertz CT molecular complexity index is 1720. The summed E-state index contributed by atoms with van der Waals surface area (Å²) in [4.78, 5) is 37.3. The van der Waals surface area contributed by atoms with Gasteiger partial charge in [0, 0.05) is 12.8 Å². The number of aliphatic hydroxyl groups is 1. The van der Waals surface area contributed by atoms with E-state index >= 15 is 0 Å². The van der Waals surface area contributed by atoms with Crippen molar-refractivity contribution in [1.29, 1.82) is 0 Å². The second-order valence-electron chi connectivity index (χ2n) is 10.8. The minimum absolute atomic E-state index is 0.0170. The van der Waals surface area contributed by atoms with Gasteiger partial charge in [0.05, 0.1) is 25.6 Å². The molecule has 0 aliphatic carbocycles. The molecule has 5 atom stereocenters. The highest BCUT2D eigenvalue weighted by Gasteiger charge is 2.40.